The second kappa shape index (κ2) is 5.62. The number of ether oxygens (including phenoxy) is 1. The van der Waals surface area contributed by atoms with Crippen LogP contribution < -0.4 is 10.1 Å². The molecule has 4 aliphatic carbocycles. The molecule has 1 unspecified atom stereocenters. The second-order valence-electron chi connectivity index (χ2n) is 8.17. The lowest BCUT2D eigenvalue weighted by Crippen LogP contribution is -2.51. The van der Waals surface area contributed by atoms with Crippen LogP contribution in [-0.4, -0.2) is 13.0 Å². The van der Waals surface area contributed by atoms with Crippen molar-refractivity contribution in [1.29, 1.82) is 0 Å². The van der Waals surface area contributed by atoms with Gasteiger partial charge in [0, 0.05) is 6.04 Å². The third-order valence-electron chi connectivity index (χ3n) is 6.49. The SMILES string of the molecule is CNC(C)c1ccc(OC(=O)C23CC4CC(CC(C4)C2)C3)cc1. The first-order valence-electron chi connectivity index (χ1n) is 9.07. The zero-order chi connectivity index (χ0) is 16.0. The number of benzene rings is 1. The van der Waals surface area contributed by atoms with Crippen molar-refractivity contribution in [2.24, 2.45) is 23.2 Å². The molecule has 23 heavy (non-hydrogen) atoms. The fourth-order valence-corrected chi connectivity index (χ4v) is 5.57. The van der Waals surface area contributed by atoms with E-state index < -0.39 is 0 Å². The van der Waals surface area contributed by atoms with E-state index >= 15 is 0 Å². The van der Waals surface area contributed by atoms with E-state index in [0.717, 1.165) is 37.0 Å². The van der Waals surface area contributed by atoms with Gasteiger partial charge in [0.05, 0.1) is 5.41 Å². The maximum absolute atomic E-state index is 12.9. The Bertz CT molecular complexity index is 557. The van der Waals surface area contributed by atoms with E-state index in [2.05, 4.69) is 12.2 Å². The van der Waals surface area contributed by atoms with Crippen molar-refractivity contribution in [3.05, 3.63) is 29.8 Å². The Hall–Kier alpha value is -1.35. The fourth-order valence-electron chi connectivity index (χ4n) is 5.57. The summed E-state index contributed by atoms with van der Waals surface area (Å²) in [5.74, 6) is 3.04. The Kier molecular flexibility index (Phi) is 3.72. The van der Waals surface area contributed by atoms with Gasteiger partial charge in [0.25, 0.3) is 0 Å². The topological polar surface area (TPSA) is 38.3 Å². The van der Waals surface area contributed by atoms with Crippen molar-refractivity contribution >= 4 is 5.97 Å². The summed E-state index contributed by atoms with van der Waals surface area (Å²) in [6.45, 7) is 2.12. The van der Waals surface area contributed by atoms with Gasteiger partial charge >= 0.3 is 5.97 Å². The van der Waals surface area contributed by atoms with Crippen LogP contribution >= 0.6 is 0 Å². The minimum atomic E-state index is -0.175. The van der Waals surface area contributed by atoms with Gasteiger partial charge in [-0.1, -0.05) is 12.1 Å². The highest BCUT2D eigenvalue weighted by Crippen LogP contribution is 2.60. The summed E-state index contributed by atoms with van der Waals surface area (Å²) in [4.78, 5) is 12.9. The fraction of sp³-hybridized carbons (Fsp3) is 0.650. The minimum absolute atomic E-state index is 0.0333. The number of nitrogens with one attached hydrogen (secondary N) is 1. The summed E-state index contributed by atoms with van der Waals surface area (Å²) in [6.07, 6.45) is 7.24. The molecule has 4 aliphatic rings. The van der Waals surface area contributed by atoms with Crippen molar-refractivity contribution in [3.63, 3.8) is 0 Å². The van der Waals surface area contributed by atoms with Crippen molar-refractivity contribution < 1.29 is 9.53 Å². The van der Waals surface area contributed by atoms with E-state index in [0.29, 0.717) is 11.8 Å². The van der Waals surface area contributed by atoms with Crippen LogP contribution in [0.5, 0.6) is 5.75 Å². The van der Waals surface area contributed by atoms with Crippen LogP contribution in [0.2, 0.25) is 0 Å². The standard InChI is InChI=1S/C20H27NO2/c1-13(21-2)17-3-5-18(6-4-17)23-19(22)20-10-14-7-15(11-20)9-16(8-14)12-20/h3-6,13-16,21H,7-12H2,1-2H3. The van der Waals surface area contributed by atoms with E-state index in [4.69, 9.17) is 4.74 Å². The largest absolute Gasteiger partial charge is 0.426 e. The molecule has 0 aliphatic heterocycles. The van der Waals surface area contributed by atoms with Crippen LogP contribution in [0.25, 0.3) is 0 Å². The van der Waals surface area contributed by atoms with Crippen LogP contribution in [0, 0.1) is 23.2 Å². The van der Waals surface area contributed by atoms with Crippen molar-refractivity contribution in [3.8, 4) is 5.75 Å². The second-order valence-corrected chi connectivity index (χ2v) is 8.17. The Labute approximate surface area is 138 Å². The molecule has 1 aromatic rings. The lowest BCUT2D eigenvalue weighted by Gasteiger charge is -2.55. The van der Waals surface area contributed by atoms with Crippen LogP contribution in [0.4, 0.5) is 0 Å². The van der Waals surface area contributed by atoms with Crippen molar-refractivity contribution in [1.82, 2.24) is 5.32 Å². The van der Waals surface area contributed by atoms with Gasteiger partial charge in [-0.25, -0.2) is 0 Å². The number of carbonyl (C=O) groups is 1. The van der Waals surface area contributed by atoms with E-state index in [1.807, 2.05) is 31.3 Å². The molecule has 0 saturated heterocycles. The molecule has 0 aromatic heterocycles. The van der Waals surface area contributed by atoms with Gasteiger partial charge in [0.1, 0.15) is 5.75 Å². The summed E-state index contributed by atoms with van der Waals surface area (Å²) >= 11 is 0. The molecule has 3 nitrogen and oxygen atoms in total. The van der Waals surface area contributed by atoms with E-state index in [-0.39, 0.29) is 11.4 Å². The van der Waals surface area contributed by atoms with Gasteiger partial charge in [0.15, 0.2) is 0 Å². The zero-order valence-electron chi connectivity index (χ0n) is 14.2. The third-order valence-corrected chi connectivity index (χ3v) is 6.49. The Morgan fingerprint density at radius 1 is 1.09 bits per heavy atom. The maximum atomic E-state index is 12.9. The molecule has 124 valence electrons. The molecule has 0 heterocycles. The summed E-state index contributed by atoms with van der Waals surface area (Å²) in [5, 5.41) is 3.22. The molecular weight excluding hydrogens is 286 g/mol. The van der Waals surface area contributed by atoms with E-state index in [1.165, 1.54) is 24.8 Å². The summed E-state index contributed by atoms with van der Waals surface area (Å²) in [6, 6.07) is 8.26. The van der Waals surface area contributed by atoms with Gasteiger partial charge in [-0.2, -0.15) is 0 Å². The predicted octanol–water partition coefficient (Wildman–Crippen LogP) is 4.09. The predicted molar refractivity (Wildman–Crippen MR) is 90.2 cm³/mol. The molecule has 0 spiro atoms. The summed E-state index contributed by atoms with van der Waals surface area (Å²) < 4.78 is 5.81. The number of esters is 1. The molecular formula is C20H27NO2. The van der Waals surface area contributed by atoms with Gasteiger partial charge in [-0.3, -0.25) is 4.79 Å². The normalized spacial score (nSPS) is 36.0. The van der Waals surface area contributed by atoms with Gasteiger partial charge in [-0.05, 0) is 87.9 Å². The van der Waals surface area contributed by atoms with Gasteiger partial charge in [0.2, 0.25) is 0 Å². The molecule has 1 atom stereocenters. The van der Waals surface area contributed by atoms with Crippen molar-refractivity contribution in [2.75, 3.05) is 7.05 Å². The molecule has 1 N–H and O–H groups in total. The zero-order valence-corrected chi connectivity index (χ0v) is 14.2. The lowest BCUT2D eigenvalue weighted by molar-refractivity contribution is -0.161. The van der Waals surface area contributed by atoms with Gasteiger partial charge in [-0.15, -0.1) is 0 Å². The van der Waals surface area contributed by atoms with E-state index in [9.17, 15) is 4.79 Å². The lowest BCUT2D eigenvalue weighted by atomic mass is 9.49. The smallest absolute Gasteiger partial charge is 0.317 e. The molecule has 4 saturated carbocycles. The summed E-state index contributed by atoms with van der Waals surface area (Å²) in [5.41, 5.74) is 1.04. The molecule has 1 aromatic carbocycles. The Balaban J connectivity index is 1.48. The first kappa shape index (κ1) is 15.2. The minimum Gasteiger partial charge on any atom is -0.426 e. The quantitative estimate of drug-likeness (QED) is 0.672. The monoisotopic (exact) mass is 313 g/mol. The number of hydrogen-bond acceptors (Lipinski definition) is 3. The van der Waals surface area contributed by atoms with Gasteiger partial charge < -0.3 is 10.1 Å². The first-order valence-corrected chi connectivity index (χ1v) is 9.07. The molecule has 0 amide bonds. The molecule has 3 heteroatoms. The highest BCUT2D eigenvalue weighted by Gasteiger charge is 2.55. The highest BCUT2D eigenvalue weighted by atomic mass is 16.5. The highest BCUT2D eigenvalue weighted by molar-refractivity contribution is 5.79. The third kappa shape index (κ3) is 2.69. The first-order chi connectivity index (χ1) is 11.1. The maximum Gasteiger partial charge on any atom is 0.317 e. The van der Waals surface area contributed by atoms with Crippen LogP contribution in [0.15, 0.2) is 24.3 Å². The Morgan fingerprint density at radius 3 is 2.09 bits per heavy atom. The molecule has 0 radical (unpaired) electrons. The molecule has 4 fully saturated rings. The number of carbonyl (C=O) groups excluding carboxylic acids is 1. The number of hydrogen-bond donors (Lipinski definition) is 1. The van der Waals surface area contributed by atoms with Crippen LogP contribution in [0.1, 0.15) is 57.1 Å². The van der Waals surface area contributed by atoms with Crippen molar-refractivity contribution in [2.45, 2.75) is 51.5 Å². The summed E-state index contributed by atoms with van der Waals surface area (Å²) in [7, 11) is 1.95. The molecule has 5 rings (SSSR count). The molecule has 4 bridgehead atoms. The van der Waals surface area contributed by atoms with Crippen LogP contribution in [0.3, 0.4) is 0 Å². The average Bonchev–Trinajstić information content (AvgIpc) is 2.53. The van der Waals surface area contributed by atoms with E-state index in [1.54, 1.807) is 0 Å². The average molecular weight is 313 g/mol. The van der Waals surface area contributed by atoms with Crippen LogP contribution in [-0.2, 0) is 4.79 Å². The number of rotatable bonds is 4. The Morgan fingerprint density at radius 2 is 1.61 bits per heavy atom.